The second kappa shape index (κ2) is 9.89. The van der Waals surface area contributed by atoms with Gasteiger partial charge in [-0.3, -0.25) is 0 Å². The van der Waals surface area contributed by atoms with Gasteiger partial charge in [-0.15, -0.1) is 6.58 Å². The molecule has 1 amide bonds. The highest BCUT2D eigenvalue weighted by atomic mass is 32.2. The van der Waals surface area contributed by atoms with E-state index in [1.54, 1.807) is 35.4 Å². The summed E-state index contributed by atoms with van der Waals surface area (Å²) < 4.78 is 33.8. The molecule has 0 spiro atoms. The van der Waals surface area contributed by atoms with Crippen LogP contribution in [0.15, 0.2) is 72.3 Å². The molecule has 198 valence electrons. The van der Waals surface area contributed by atoms with Gasteiger partial charge in [-0.05, 0) is 77.3 Å². The lowest BCUT2D eigenvalue weighted by Crippen LogP contribution is -2.55. The van der Waals surface area contributed by atoms with Crippen LogP contribution in [0.1, 0.15) is 45.6 Å². The van der Waals surface area contributed by atoms with E-state index in [9.17, 15) is 13.2 Å². The van der Waals surface area contributed by atoms with Crippen LogP contribution in [-0.2, 0) is 14.8 Å². The zero-order chi connectivity index (χ0) is 27.0. The number of aryl methyl sites for hydroxylation is 1. The van der Waals surface area contributed by atoms with Crippen molar-refractivity contribution in [3.8, 4) is 0 Å². The minimum atomic E-state index is -3.74. The van der Waals surface area contributed by atoms with E-state index in [0.29, 0.717) is 18.6 Å². The van der Waals surface area contributed by atoms with Gasteiger partial charge in [0.15, 0.2) is 0 Å². The number of hydrogen-bond donors (Lipinski definition) is 0. The molecule has 3 aromatic rings. The monoisotopic (exact) mass is 523 g/mol. The second-order valence-electron chi connectivity index (χ2n) is 10.9. The number of anilines is 1. The van der Waals surface area contributed by atoms with Crippen LogP contribution in [0.4, 0.5) is 10.5 Å². The van der Waals surface area contributed by atoms with Crippen molar-refractivity contribution >= 4 is 32.7 Å². The van der Waals surface area contributed by atoms with Crippen LogP contribution in [-0.4, -0.2) is 54.7 Å². The molecule has 1 saturated heterocycles. The lowest BCUT2D eigenvalue weighted by atomic mass is 9.82. The van der Waals surface area contributed by atoms with E-state index in [1.165, 1.54) is 3.97 Å². The molecular weight excluding hydrogens is 486 g/mol. The number of fused-ring (bicyclic) bond motifs is 1. The normalized spacial score (nSPS) is 16.0. The number of piperidine rings is 1. The molecule has 7 nitrogen and oxygen atoms in total. The van der Waals surface area contributed by atoms with Gasteiger partial charge < -0.3 is 14.5 Å². The van der Waals surface area contributed by atoms with Crippen molar-refractivity contribution < 1.29 is 17.9 Å². The van der Waals surface area contributed by atoms with E-state index in [-0.39, 0.29) is 16.5 Å². The molecule has 8 heteroatoms. The standard InChI is InChI=1S/C29H37N3O4S/c1-7-16-29(17-20-31(21-18-29)27(33)36-28(3,4)5)30(6)25-9-8-10-26-24(25)15-19-32(26)37(34,35)23-13-11-22(2)12-14-23/h7-15,19H,1,16-18,20-21H2,2-6H3. The third-order valence-corrected chi connectivity index (χ3v) is 8.90. The number of carbonyl (C=O) groups excluding carboxylic acids is 1. The summed E-state index contributed by atoms with van der Waals surface area (Å²) in [5.74, 6) is 0. The molecule has 37 heavy (non-hydrogen) atoms. The Morgan fingerprint density at radius 1 is 1.11 bits per heavy atom. The van der Waals surface area contributed by atoms with Crippen molar-refractivity contribution in [1.82, 2.24) is 8.87 Å². The third-order valence-electron chi connectivity index (χ3n) is 7.19. The maximum Gasteiger partial charge on any atom is 0.410 e. The predicted molar refractivity (Wildman–Crippen MR) is 149 cm³/mol. The first-order chi connectivity index (χ1) is 17.4. The molecule has 2 aromatic carbocycles. The van der Waals surface area contributed by atoms with Crippen LogP contribution >= 0.6 is 0 Å². The molecule has 0 bridgehead atoms. The zero-order valence-electron chi connectivity index (χ0n) is 22.4. The fourth-order valence-corrected chi connectivity index (χ4v) is 6.43. The van der Waals surface area contributed by atoms with Crippen LogP contribution in [0.3, 0.4) is 0 Å². The Balaban J connectivity index is 1.66. The summed E-state index contributed by atoms with van der Waals surface area (Å²) in [6.07, 6.45) is 5.49. The molecule has 1 fully saturated rings. The van der Waals surface area contributed by atoms with Crippen LogP contribution in [0, 0.1) is 6.92 Å². The van der Waals surface area contributed by atoms with Crippen molar-refractivity contribution in [2.75, 3.05) is 25.0 Å². The fourth-order valence-electron chi connectivity index (χ4n) is 5.09. The highest BCUT2D eigenvalue weighted by molar-refractivity contribution is 7.90. The maximum atomic E-state index is 13.5. The molecule has 0 N–H and O–H groups in total. The Hall–Kier alpha value is -3.26. The number of likely N-dealkylation sites (tertiary alicyclic amines) is 1. The second-order valence-corrected chi connectivity index (χ2v) is 12.7. The van der Waals surface area contributed by atoms with Gasteiger partial charge in [0.1, 0.15) is 5.60 Å². The summed E-state index contributed by atoms with van der Waals surface area (Å²) in [5, 5.41) is 0.860. The third kappa shape index (κ3) is 5.25. The first-order valence-corrected chi connectivity index (χ1v) is 14.1. The number of hydrogen-bond acceptors (Lipinski definition) is 5. The molecule has 0 atom stereocenters. The fraction of sp³-hybridized carbons (Fsp3) is 0.414. The SMILES string of the molecule is C=CCC1(N(C)c2cccc3c2ccn3S(=O)(=O)c2ccc(C)cc2)CCN(C(=O)OC(C)(C)C)CC1. The number of amides is 1. The van der Waals surface area contributed by atoms with Gasteiger partial charge in [0.2, 0.25) is 0 Å². The van der Waals surface area contributed by atoms with Crippen molar-refractivity contribution in [3.63, 3.8) is 0 Å². The minimum Gasteiger partial charge on any atom is -0.444 e. The van der Waals surface area contributed by atoms with Gasteiger partial charge in [-0.2, -0.15) is 0 Å². The Labute approximate surface area is 220 Å². The summed E-state index contributed by atoms with van der Waals surface area (Å²) in [5.41, 5.74) is 1.79. The van der Waals surface area contributed by atoms with Crippen LogP contribution < -0.4 is 4.90 Å². The average molecular weight is 524 g/mol. The Kier molecular flexibility index (Phi) is 7.16. The minimum absolute atomic E-state index is 0.256. The topological polar surface area (TPSA) is 71.9 Å². The van der Waals surface area contributed by atoms with Gasteiger partial charge in [0.05, 0.1) is 10.4 Å². The lowest BCUT2D eigenvalue weighted by Gasteiger charge is -2.48. The number of nitrogens with zero attached hydrogens (tertiary/aromatic N) is 3. The Morgan fingerprint density at radius 3 is 2.35 bits per heavy atom. The number of benzene rings is 2. The highest BCUT2D eigenvalue weighted by Crippen LogP contribution is 2.39. The Morgan fingerprint density at radius 2 is 1.76 bits per heavy atom. The van der Waals surface area contributed by atoms with Crippen molar-refractivity contribution in [2.45, 2.75) is 63.0 Å². The molecule has 2 heterocycles. The molecule has 0 aliphatic carbocycles. The van der Waals surface area contributed by atoms with E-state index in [1.807, 2.05) is 65.1 Å². The smallest absolute Gasteiger partial charge is 0.410 e. The van der Waals surface area contributed by atoms with E-state index >= 15 is 0 Å². The molecule has 0 unspecified atom stereocenters. The number of ether oxygens (including phenoxy) is 1. The first-order valence-electron chi connectivity index (χ1n) is 12.6. The highest BCUT2D eigenvalue weighted by Gasteiger charge is 2.40. The van der Waals surface area contributed by atoms with Gasteiger partial charge in [0.25, 0.3) is 10.0 Å². The van der Waals surface area contributed by atoms with Crippen LogP contribution in [0.5, 0.6) is 0 Å². The summed E-state index contributed by atoms with van der Waals surface area (Å²) >= 11 is 0. The first kappa shape index (κ1) is 26.8. The summed E-state index contributed by atoms with van der Waals surface area (Å²) in [4.78, 5) is 16.9. The average Bonchev–Trinajstić information content (AvgIpc) is 3.29. The van der Waals surface area contributed by atoms with E-state index in [0.717, 1.165) is 35.9 Å². The summed E-state index contributed by atoms with van der Waals surface area (Å²) in [7, 11) is -1.69. The molecular formula is C29H37N3O4S. The van der Waals surface area contributed by atoms with Gasteiger partial charge >= 0.3 is 6.09 Å². The van der Waals surface area contributed by atoms with E-state index in [2.05, 4.69) is 11.5 Å². The summed E-state index contributed by atoms with van der Waals surface area (Å²) in [6.45, 7) is 12.7. The number of rotatable bonds is 6. The van der Waals surface area contributed by atoms with Gasteiger partial charge in [-0.25, -0.2) is 17.2 Å². The summed E-state index contributed by atoms with van der Waals surface area (Å²) in [6, 6.07) is 14.5. The Bertz CT molecular complexity index is 1390. The predicted octanol–water partition coefficient (Wildman–Crippen LogP) is 5.97. The lowest BCUT2D eigenvalue weighted by molar-refractivity contribution is 0.0167. The van der Waals surface area contributed by atoms with Crippen molar-refractivity contribution in [2.24, 2.45) is 0 Å². The molecule has 1 aliphatic heterocycles. The van der Waals surface area contributed by atoms with Crippen molar-refractivity contribution in [3.05, 3.63) is 72.9 Å². The van der Waals surface area contributed by atoms with Crippen LogP contribution in [0.2, 0.25) is 0 Å². The number of aromatic nitrogens is 1. The van der Waals surface area contributed by atoms with Crippen LogP contribution in [0.25, 0.3) is 10.9 Å². The molecule has 1 aromatic heterocycles. The van der Waals surface area contributed by atoms with E-state index < -0.39 is 15.6 Å². The van der Waals surface area contributed by atoms with Crippen molar-refractivity contribution in [1.29, 1.82) is 0 Å². The molecule has 0 radical (unpaired) electrons. The number of carbonyl (C=O) groups is 1. The quantitative estimate of drug-likeness (QED) is 0.372. The van der Waals surface area contributed by atoms with E-state index in [4.69, 9.17) is 4.74 Å². The zero-order valence-corrected chi connectivity index (χ0v) is 23.2. The van der Waals surface area contributed by atoms with Gasteiger partial charge in [0, 0.05) is 42.9 Å². The molecule has 4 rings (SSSR count). The maximum absolute atomic E-state index is 13.5. The molecule has 0 saturated carbocycles. The molecule has 1 aliphatic rings. The van der Waals surface area contributed by atoms with Gasteiger partial charge in [-0.1, -0.05) is 29.8 Å². The largest absolute Gasteiger partial charge is 0.444 e.